The number of benzene rings is 2. The molecule has 1 aliphatic carbocycles. The third-order valence-corrected chi connectivity index (χ3v) is 10.6. The summed E-state index contributed by atoms with van der Waals surface area (Å²) in [4.78, 5) is 83.9. The highest BCUT2D eigenvalue weighted by molar-refractivity contribution is 5.94. The fourth-order valence-corrected chi connectivity index (χ4v) is 7.72. The third-order valence-electron chi connectivity index (χ3n) is 10.6. The molecule has 2 fully saturated rings. The van der Waals surface area contributed by atoms with Gasteiger partial charge in [0.05, 0.1) is 31.7 Å². The van der Waals surface area contributed by atoms with Crippen LogP contribution in [0.4, 0.5) is 0 Å². The Bertz CT molecular complexity index is 1680. The van der Waals surface area contributed by atoms with Gasteiger partial charge in [-0.1, -0.05) is 75.1 Å². The number of hydrogen-bond donors (Lipinski definition) is 5. The van der Waals surface area contributed by atoms with E-state index in [4.69, 9.17) is 9.47 Å². The predicted molar refractivity (Wildman–Crippen MR) is 206 cm³/mol. The van der Waals surface area contributed by atoms with Gasteiger partial charge in [-0.25, -0.2) is 0 Å². The molecule has 56 heavy (non-hydrogen) atoms. The van der Waals surface area contributed by atoms with E-state index in [1.54, 1.807) is 56.6 Å². The molecule has 6 amide bonds. The fraction of sp³-hybridized carbons (Fsp3) is 0.561. The van der Waals surface area contributed by atoms with Crippen molar-refractivity contribution in [3.8, 4) is 5.75 Å². The minimum atomic E-state index is -1.73. The van der Waals surface area contributed by atoms with Crippen LogP contribution in [0.3, 0.4) is 0 Å². The summed E-state index contributed by atoms with van der Waals surface area (Å²) >= 11 is 0. The van der Waals surface area contributed by atoms with E-state index >= 15 is 0 Å². The molecule has 15 heteroatoms. The van der Waals surface area contributed by atoms with Gasteiger partial charge in [0.15, 0.2) is 6.10 Å². The van der Waals surface area contributed by atoms with Crippen LogP contribution in [0.2, 0.25) is 0 Å². The van der Waals surface area contributed by atoms with Gasteiger partial charge in [-0.3, -0.25) is 28.8 Å². The summed E-state index contributed by atoms with van der Waals surface area (Å²) in [5, 5.41) is 22.1. The highest BCUT2D eigenvalue weighted by atomic mass is 16.5. The van der Waals surface area contributed by atoms with E-state index < -0.39 is 60.6 Å². The van der Waals surface area contributed by atoms with Crippen molar-refractivity contribution in [3.05, 3.63) is 65.7 Å². The van der Waals surface area contributed by atoms with Crippen LogP contribution in [0.5, 0.6) is 5.75 Å². The molecule has 3 aliphatic rings. The maximum absolute atomic E-state index is 14.5. The summed E-state index contributed by atoms with van der Waals surface area (Å²) < 4.78 is 12.0. The number of amides is 6. The number of rotatable bonds is 12. The van der Waals surface area contributed by atoms with Crippen LogP contribution in [-0.4, -0.2) is 121 Å². The Labute approximate surface area is 328 Å². The average molecular weight is 777 g/mol. The molecule has 304 valence electrons. The van der Waals surface area contributed by atoms with Gasteiger partial charge >= 0.3 is 0 Å². The van der Waals surface area contributed by atoms with Gasteiger partial charge in [0.1, 0.15) is 30.5 Å². The maximum Gasteiger partial charge on any atom is 0.251 e. The van der Waals surface area contributed by atoms with Gasteiger partial charge in [-0.05, 0) is 48.4 Å². The SMILES string of the molecule is CCCC(NC(=O)[C@@H]1C[C@@H]2CN1C(=O)[C@H](C1CCCCC1)NC(=O)Cc1cccc(c1)OCCO2)C(O)C(=O)NCC(=O)N[C@H](C(=O)N(C)C)c1ccccc1. The molecular weight excluding hydrogens is 720 g/mol. The van der Waals surface area contributed by atoms with Crippen LogP contribution in [0.1, 0.15) is 75.5 Å². The molecule has 2 heterocycles. The van der Waals surface area contributed by atoms with E-state index in [1.807, 2.05) is 19.1 Å². The van der Waals surface area contributed by atoms with E-state index in [-0.39, 0.29) is 62.7 Å². The van der Waals surface area contributed by atoms with E-state index in [1.165, 1.54) is 9.80 Å². The number of hydrogen-bond acceptors (Lipinski definition) is 9. The van der Waals surface area contributed by atoms with Gasteiger partial charge in [0, 0.05) is 27.1 Å². The van der Waals surface area contributed by atoms with Crippen LogP contribution in [0, 0.1) is 5.92 Å². The molecule has 1 saturated carbocycles. The molecule has 6 atom stereocenters. The lowest BCUT2D eigenvalue weighted by atomic mass is 9.83. The molecule has 4 bridgehead atoms. The topological polar surface area (TPSA) is 196 Å². The standard InChI is InChI=1S/C41H56N6O9/c1-4-12-31(37(50)39(52)42-24-34(49)45-35(40(53)46(2)3)27-14-7-5-8-15-27)43-38(51)32-23-30-25-47(32)41(54)36(28-16-9-6-10-17-28)44-33(48)22-26-13-11-18-29(21-26)55-19-20-56-30/h5,7-8,11,13-15,18,21,28,30-32,35-37,50H,4,6,9-10,12,16-17,19-20,22-25H2,1-3H3,(H,42,52)(H,43,51)(H,44,48)(H,45,49)/t30-,31?,32+,35+,36+,37?/m1/s1. The Morgan fingerprint density at radius 3 is 2.45 bits per heavy atom. The summed E-state index contributed by atoms with van der Waals surface area (Å²) in [7, 11) is 3.14. The molecule has 1 saturated heterocycles. The number of aliphatic hydroxyl groups excluding tert-OH is 1. The quantitative estimate of drug-likeness (QED) is 0.212. The summed E-state index contributed by atoms with van der Waals surface area (Å²) in [5.41, 5.74) is 1.31. The van der Waals surface area contributed by atoms with Gasteiger partial charge < -0.3 is 45.6 Å². The van der Waals surface area contributed by atoms with Crippen molar-refractivity contribution >= 4 is 35.4 Å². The highest BCUT2D eigenvalue weighted by Gasteiger charge is 2.45. The third kappa shape index (κ3) is 11.3. The van der Waals surface area contributed by atoms with Crippen molar-refractivity contribution in [1.29, 1.82) is 0 Å². The Morgan fingerprint density at radius 2 is 1.73 bits per heavy atom. The van der Waals surface area contributed by atoms with Crippen molar-refractivity contribution in [1.82, 2.24) is 31.1 Å². The molecule has 5 rings (SSSR count). The Morgan fingerprint density at radius 1 is 0.982 bits per heavy atom. The number of carbonyl (C=O) groups excluding carboxylic acids is 6. The summed E-state index contributed by atoms with van der Waals surface area (Å²) in [6.07, 6.45) is 3.14. The van der Waals surface area contributed by atoms with E-state index in [2.05, 4.69) is 21.3 Å². The second-order valence-electron chi connectivity index (χ2n) is 15.1. The summed E-state index contributed by atoms with van der Waals surface area (Å²) in [6.45, 7) is 1.84. The molecule has 5 N–H and O–H groups in total. The molecule has 2 aromatic rings. The minimum Gasteiger partial charge on any atom is -0.491 e. The van der Waals surface area contributed by atoms with Gasteiger partial charge in [-0.2, -0.15) is 0 Å². The fourth-order valence-electron chi connectivity index (χ4n) is 7.72. The average Bonchev–Trinajstić information content (AvgIpc) is 3.63. The molecule has 2 aromatic carbocycles. The second-order valence-corrected chi connectivity index (χ2v) is 15.1. The highest BCUT2D eigenvalue weighted by Crippen LogP contribution is 2.30. The van der Waals surface area contributed by atoms with Gasteiger partial charge in [-0.15, -0.1) is 0 Å². The maximum atomic E-state index is 14.5. The number of likely N-dealkylation sites (N-methyl/N-ethyl adjacent to an activating group) is 1. The molecule has 2 aliphatic heterocycles. The zero-order chi connectivity index (χ0) is 40.2. The Kier molecular flexibility index (Phi) is 15.2. The first-order valence-electron chi connectivity index (χ1n) is 19.7. The van der Waals surface area contributed by atoms with Crippen molar-refractivity contribution in [2.45, 2.75) is 101 Å². The summed E-state index contributed by atoms with van der Waals surface area (Å²) in [6, 6.07) is 12.1. The minimum absolute atomic E-state index is 0.0544. The van der Waals surface area contributed by atoms with Crippen LogP contribution in [0.25, 0.3) is 0 Å². The molecule has 0 spiro atoms. The van der Waals surface area contributed by atoms with Crippen molar-refractivity contribution < 1.29 is 43.3 Å². The first-order valence-corrected chi connectivity index (χ1v) is 19.7. The number of fused-ring (bicyclic) bond motifs is 4. The lowest BCUT2D eigenvalue weighted by Crippen LogP contribution is -2.58. The molecule has 0 radical (unpaired) electrons. The van der Waals surface area contributed by atoms with Crippen LogP contribution < -0.4 is 26.0 Å². The van der Waals surface area contributed by atoms with Crippen molar-refractivity contribution in [2.75, 3.05) is 40.4 Å². The van der Waals surface area contributed by atoms with Gasteiger partial charge in [0.25, 0.3) is 5.91 Å². The van der Waals surface area contributed by atoms with E-state index in [9.17, 15) is 33.9 Å². The summed E-state index contributed by atoms with van der Waals surface area (Å²) in [5.74, 6) is -2.65. The van der Waals surface area contributed by atoms with Gasteiger partial charge in [0.2, 0.25) is 29.5 Å². The zero-order valence-corrected chi connectivity index (χ0v) is 32.5. The van der Waals surface area contributed by atoms with Crippen molar-refractivity contribution in [3.63, 3.8) is 0 Å². The first kappa shape index (κ1) is 42.1. The monoisotopic (exact) mass is 776 g/mol. The van der Waals surface area contributed by atoms with Crippen LogP contribution in [0.15, 0.2) is 54.6 Å². The number of nitrogens with one attached hydrogen (secondary N) is 4. The zero-order valence-electron chi connectivity index (χ0n) is 32.5. The number of carbonyl (C=O) groups is 6. The molecule has 15 nitrogen and oxygen atoms in total. The number of ether oxygens (including phenoxy) is 2. The van der Waals surface area contributed by atoms with Crippen LogP contribution in [-0.2, 0) is 39.9 Å². The number of aliphatic hydroxyl groups is 1. The normalized spacial score (nSPS) is 22.2. The number of nitrogens with zero attached hydrogens (tertiary/aromatic N) is 2. The molecule has 0 aromatic heterocycles. The first-order chi connectivity index (χ1) is 26.9. The van der Waals surface area contributed by atoms with Crippen LogP contribution >= 0.6 is 0 Å². The largest absolute Gasteiger partial charge is 0.491 e. The predicted octanol–water partition coefficient (Wildman–Crippen LogP) is 1.38. The smallest absolute Gasteiger partial charge is 0.251 e. The van der Waals surface area contributed by atoms with E-state index in [0.717, 1.165) is 37.7 Å². The molecule has 2 unspecified atom stereocenters. The van der Waals surface area contributed by atoms with E-state index in [0.29, 0.717) is 17.7 Å². The lowest BCUT2D eigenvalue weighted by molar-refractivity contribution is -0.144. The Balaban J connectivity index is 1.28. The lowest BCUT2D eigenvalue weighted by Gasteiger charge is -2.35. The van der Waals surface area contributed by atoms with Crippen molar-refractivity contribution in [2.24, 2.45) is 5.92 Å². The second kappa shape index (κ2) is 20.2. The molecular formula is C41H56N6O9. The Hall–Kier alpha value is -5.02.